The molecule has 3 nitrogen and oxygen atoms in total. The summed E-state index contributed by atoms with van der Waals surface area (Å²) in [7, 11) is 1.72. The van der Waals surface area contributed by atoms with Crippen molar-refractivity contribution in [2.24, 2.45) is 11.8 Å². The Bertz CT molecular complexity index is 317. The lowest BCUT2D eigenvalue weighted by Crippen LogP contribution is -2.48. The van der Waals surface area contributed by atoms with E-state index in [1.807, 2.05) is 12.1 Å². The SMILES string of the molecule is COC(C(C)C)C(Cc1ccc(Cl)s1)NN. The third kappa shape index (κ3) is 3.71. The van der Waals surface area contributed by atoms with E-state index in [1.54, 1.807) is 18.4 Å². The molecule has 0 saturated heterocycles. The van der Waals surface area contributed by atoms with Gasteiger partial charge in [-0.1, -0.05) is 25.4 Å². The Hall–Kier alpha value is -0.130. The van der Waals surface area contributed by atoms with Crippen molar-refractivity contribution in [3.8, 4) is 0 Å². The van der Waals surface area contributed by atoms with E-state index >= 15 is 0 Å². The Morgan fingerprint density at radius 1 is 1.50 bits per heavy atom. The monoisotopic (exact) mass is 262 g/mol. The molecule has 1 aromatic rings. The van der Waals surface area contributed by atoms with Crippen LogP contribution in [0.15, 0.2) is 12.1 Å². The molecule has 0 aliphatic rings. The molecule has 0 radical (unpaired) electrons. The first-order valence-corrected chi connectivity index (χ1v) is 6.51. The van der Waals surface area contributed by atoms with E-state index in [-0.39, 0.29) is 12.1 Å². The molecule has 2 unspecified atom stereocenters. The minimum absolute atomic E-state index is 0.103. The lowest BCUT2D eigenvalue weighted by atomic mass is 9.97. The van der Waals surface area contributed by atoms with E-state index < -0.39 is 0 Å². The first kappa shape index (κ1) is 13.9. The lowest BCUT2D eigenvalue weighted by Gasteiger charge is -2.28. The highest BCUT2D eigenvalue weighted by Gasteiger charge is 2.24. The van der Waals surface area contributed by atoms with Crippen LogP contribution in [0, 0.1) is 5.92 Å². The first-order chi connectivity index (χ1) is 7.58. The van der Waals surface area contributed by atoms with Gasteiger partial charge in [-0.25, -0.2) is 0 Å². The summed E-state index contributed by atoms with van der Waals surface area (Å²) < 4.78 is 6.28. The van der Waals surface area contributed by atoms with Crippen molar-refractivity contribution in [2.75, 3.05) is 7.11 Å². The van der Waals surface area contributed by atoms with Crippen LogP contribution in [0.5, 0.6) is 0 Å². The van der Waals surface area contributed by atoms with Crippen molar-refractivity contribution in [1.82, 2.24) is 5.43 Å². The van der Waals surface area contributed by atoms with Crippen LogP contribution in [0.2, 0.25) is 4.34 Å². The number of hydrogen-bond donors (Lipinski definition) is 2. The number of hydrogen-bond acceptors (Lipinski definition) is 4. The van der Waals surface area contributed by atoms with Gasteiger partial charge >= 0.3 is 0 Å². The standard InChI is InChI=1S/C11H19ClN2OS/c1-7(2)11(15-3)9(14-13)6-8-4-5-10(12)16-8/h4-5,7,9,11,14H,6,13H2,1-3H3. The highest BCUT2D eigenvalue weighted by molar-refractivity contribution is 7.16. The number of hydrazine groups is 1. The van der Waals surface area contributed by atoms with Gasteiger partial charge in [0.05, 0.1) is 16.5 Å². The Labute approximate surface area is 106 Å². The van der Waals surface area contributed by atoms with Crippen molar-refractivity contribution in [2.45, 2.75) is 32.4 Å². The maximum atomic E-state index is 5.90. The van der Waals surface area contributed by atoms with Gasteiger partial charge in [-0.2, -0.15) is 0 Å². The van der Waals surface area contributed by atoms with Gasteiger partial charge in [-0.3, -0.25) is 11.3 Å². The van der Waals surface area contributed by atoms with Gasteiger partial charge in [0.25, 0.3) is 0 Å². The summed E-state index contributed by atoms with van der Waals surface area (Å²) in [5.41, 5.74) is 2.83. The molecule has 0 saturated carbocycles. The topological polar surface area (TPSA) is 47.3 Å². The molecular formula is C11H19ClN2OS. The molecule has 0 aliphatic carbocycles. The van der Waals surface area contributed by atoms with Crippen molar-refractivity contribution in [3.63, 3.8) is 0 Å². The molecular weight excluding hydrogens is 244 g/mol. The van der Waals surface area contributed by atoms with E-state index in [0.29, 0.717) is 5.92 Å². The van der Waals surface area contributed by atoms with E-state index in [4.69, 9.17) is 22.2 Å². The molecule has 1 heterocycles. The van der Waals surface area contributed by atoms with Crippen LogP contribution in [0.1, 0.15) is 18.7 Å². The number of ether oxygens (including phenoxy) is 1. The first-order valence-electron chi connectivity index (χ1n) is 5.31. The zero-order valence-electron chi connectivity index (χ0n) is 9.87. The molecule has 0 aromatic carbocycles. The number of methoxy groups -OCH3 is 1. The minimum atomic E-state index is 0.103. The Balaban J connectivity index is 2.67. The van der Waals surface area contributed by atoms with Crippen LogP contribution >= 0.6 is 22.9 Å². The molecule has 1 rings (SSSR count). The molecule has 0 spiro atoms. The van der Waals surface area contributed by atoms with Crippen molar-refractivity contribution in [3.05, 3.63) is 21.3 Å². The Morgan fingerprint density at radius 2 is 2.19 bits per heavy atom. The second kappa shape index (κ2) is 6.57. The van der Waals surface area contributed by atoms with E-state index in [2.05, 4.69) is 19.3 Å². The van der Waals surface area contributed by atoms with Gasteiger partial charge in [0.2, 0.25) is 0 Å². The molecule has 1 aromatic heterocycles. The predicted molar refractivity (Wildman–Crippen MR) is 69.8 cm³/mol. The molecule has 0 amide bonds. The second-order valence-electron chi connectivity index (χ2n) is 4.13. The van der Waals surface area contributed by atoms with Crippen molar-refractivity contribution >= 4 is 22.9 Å². The second-order valence-corrected chi connectivity index (χ2v) is 5.93. The van der Waals surface area contributed by atoms with Gasteiger partial charge in [-0.15, -0.1) is 11.3 Å². The van der Waals surface area contributed by atoms with Crippen LogP contribution in [0.4, 0.5) is 0 Å². The molecule has 92 valence electrons. The van der Waals surface area contributed by atoms with E-state index in [9.17, 15) is 0 Å². The Kier molecular flexibility index (Phi) is 5.72. The van der Waals surface area contributed by atoms with Gasteiger partial charge in [0.1, 0.15) is 0 Å². The Morgan fingerprint density at radius 3 is 2.56 bits per heavy atom. The van der Waals surface area contributed by atoms with Crippen LogP contribution in [-0.2, 0) is 11.2 Å². The quantitative estimate of drug-likeness (QED) is 0.612. The van der Waals surface area contributed by atoms with Gasteiger partial charge in [-0.05, 0) is 18.1 Å². The van der Waals surface area contributed by atoms with Gasteiger partial charge in [0, 0.05) is 18.4 Å². The van der Waals surface area contributed by atoms with Gasteiger partial charge in [0.15, 0.2) is 0 Å². The summed E-state index contributed by atoms with van der Waals surface area (Å²) in [6.45, 7) is 4.25. The number of nitrogens with one attached hydrogen (secondary N) is 1. The normalized spacial score (nSPS) is 15.4. The summed E-state index contributed by atoms with van der Waals surface area (Å²) >= 11 is 7.48. The van der Waals surface area contributed by atoms with E-state index in [0.717, 1.165) is 10.8 Å². The average Bonchev–Trinajstić information content (AvgIpc) is 2.63. The molecule has 0 aliphatic heterocycles. The van der Waals surface area contributed by atoms with Crippen LogP contribution in [-0.4, -0.2) is 19.3 Å². The summed E-state index contributed by atoms with van der Waals surface area (Å²) in [4.78, 5) is 1.22. The summed E-state index contributed by atoms with van der Waals surface area (Å²) in [6.07, 6.45) is 0.941. The van der Waals surface area contributed by atoms with Crippen LogP contribution < -0.4 is 11.3 Å². The van der Waals surface area contributed by atoms with E-state index in [1.165, 1.54) is 4.88 Å². The average molecular weight is 263 g/mol. The fraction of sp³-hybridized carbons (Fsp3) is 0.636. The van der Waals surface area contributed by atoms with Crippen LogP contribution in [0.25, 0.3) is 0 Å². The molecule has 0 fully saturated rings. The lowest BCUT2D eigenvalue weighted by molar-refractivity contribution is 0.0334. The van der Waals surface area contributed by atoms with Gasteiger partial charge < -0.3 is 4.74 Å². The summed E-state index contributed by atoms with van der Waals surface area (Å²) in [5, 5.41) is 0. The zero-order valence-corrected chi connectivity index (χ0v) is 11.4. The molecule has 2 atom stereocenters. The highest BCUT2D eigenvalue weighted by Crippen LogP contribution is 2.24. The zero-order chi connectivity index (χ0) is 12.1. The number of nitrogens with two attached hydrogens (primary N) is 1. The fourth-order valence-corrected chi connectivity index (χ4v) is 2.99. The summed E-state index contributed by atoms with van der Waals surface area (Å²) in [5.74, 6) is 6.00. The maximum absolute atomic E-state index is 5.90. The number of halogens is 1. The predicted octanol–water partition coefficient (Wildman–Crippen LogP) is 2.45. The van der Waals surface area contributed by atoms with Crippen LogP contribution in [0.3, 0.4) is 0 Å². The third-order valence-corrected chi connectivity index (χ3v) is 3.84. The smallest absolute Gasteiger partial charge is 0.0931 e. The van der Waals surface area contributed by atoms with Crippen molar-refractivity contribution < 1.29 is 4.74 Å². The van der Waals surface area contributed by atoms with Crippen molar-refractivity contribution in [1.29, 1.82) is 0 Å². The highest BCUT2D eigenvalue weighted by atomic mass is 35.5. The summed E-state index contributed by atoms with van der Waals surface area (Å²) in [6, 6.07) is 4.05. The maximum Gasteiger partial charge on any atom is 0.0931 e. The fourth-order valence-electron chi connectivity index (χ4n) is 1.85. The number of thiophene rings is 1. The minimum Gasteiger partial charge on any atom is -0.380 e. The molecule has 5 heteroatoms. The largest absolute Gasteiger partial charge is 0.380 e. The molecule has 16 heavy (non-hydrogen) atoms. The third-order valence-electron chi connectivity index (χ3n) is 2.59. The number of rotatable bonds is 6. The molecule has 3 N–H and O–H groups in total. The molecule has 0 bridgehead atoms.